The fourth-order valence-electron chi connectivity index (χ4n) is 2.96. The van der Waals surface area contributed by atoms with Gasteiger partial charge in [-0.05, 0) is 29.5 Å². The highest BCUT2D eigenvalue weighted by Crippen LogP contribution is 2.39. The molecule has 1 heterocycles. The molecular formula is C21H20O2. The quantitative estimate of drug-likeness (QED) is 0.566. The molecule has 0 aliphatic carbocycles. The SMILES string of the molecule is C=CCCC1=C(Cc2ccccc2)C(=O)OC1c1ccccc1. The smallest absolute Gasteiger partial charge is 0.335 e. The van der Waals surface area contributed by atoms with Gasteiger partial charge < -0.3 is 4.74 Å². The Hall–Kier alpha value is -2.61. The van der Waals surface area contributed by atoms with Crippen LogP contribution in [0.1, 0.15) is 30.1 Å². The van der Waals surface area contributed by atoms with Crippen LogP contribution in [0.15, 0.2) is 84.5 Å². The van der Waals surface area contributed by atoms with Crippen molar-refractivity contribution >= 4 is 5.97 Å². The summed E-state index contributed by atoms with van der Waals surface area (Å²) in [5, 5.41) is 0. The van der Waals surface area contributed by atoms with Crippen LogP contribution >= 0.6 is 0 Å². The van der Waals surface area contributed by atoms with E-state index < -0.39 is 0 Å². The first-order chi connectivity index (χ1) is 11.3. The lowest BCUT2D eigenvalue weighted by Gasteiger charge is -2.14. The maximum Gasteiger partial charge on any atom is 0.335 e. The summed E-state index contributed by atoms with van der Waals surface area (Å²) in [5.74, 6) is -0.193. The van der Waals surface area contributed by atoms with Gasteiger partial charge in [0.1, 0.15) is 6.10 Å². The van der Waals surface area contributed by atoms with E-state index in [1.54, 1.807) is 0 Å². The molecule has 2 nitrogen and oxygen atoms in total. The number of carbonyl (C=O) groups is 1. The van der Waals surface area contributed by atoms with E-state index in [0.717, 1.165) is 35.1 Å². The van der Waals surface area contributed by atoms with Crippen LogP contribution in [0.25, 0.3) is 0 Å². The summed E-state index contributed by atoms with van der Waals surface area (Å²) in [7, 11) is 0. The van der Waals surface area contributed by atoms with Crippen LogP contribution in [-0.2, 0) is 16.0 Å². The summed E-state index contributed by atoms with van der Waals surface area (Å²) in [4.78, 5) is 12.4. The fourth-order valence-corrected chi connectivity index (χ4v) is 2.96. The lowest BCUT2D eigenvalue weighted by molar-refractivity contribution is -0.140. The second-order valence-electron chi connectivity index (χ2n) is 5.69. The van der Waals surface area contributed by atoms with Crippen LogP contribution in [0, 0.1) is 0 Å². The zero-order chi connectivity index (χ0) is 16.1. The first kappa shape index (κ1) is 15.3. The molecule has 0 N–H and O–H groups in total. The van der Waals surface area contributed by atoms with Gasteiger partial charge in [0, 0.05) is 12.0 Å². The summed E-state index contributed by atoms with van der Waals surface area (Å²) < 4.78 is 5.69. The highest BCUT2D eigenvalue weighted by molar-refractivity contribution is 5.93. The molecule has 3 rings (SSSR count). The Balaban J connectivity index is 1.96. The van der Waals surface area contributed by atoms with Gasteiger partial charge in [-0.1, -0.05) is 66.7 Å². The Bertz CT molecular complexity index is 714. The third-order valence-corrected chi connectivity index (χ3v) is 4.12. The molecule has 0 bridgehead atoms. The number of carbonyl (C=O) groups excluding carboxylic acids is 1. The third kappa shape index (κ3) is 3.42. The van der Waals surface area contributed by atoms with Crippen molar-refractivity contribution in [3.05, 3.63) is 95.6 Å². The van der Waals surface area contributed by atoms with E-state index >= 15 is 0 Å². The van der Waals surface area contributed by atoms with Crippen molar-refractivity contribution in [2.45, 2.75) is 25.4 Å². The topological polar surface area (TPSA) is 26.3 Å². The molecule has 0 amide bonds. The molecule has 0 saturated carbocycles. The maximum absolute atomic E-state index is 12.4. The van der Waals surface area contributed by atoms with Crippen LogP contribution in [0.5, 0.6) is 0 Å². The molecule has 2 heteroatoms. The van der Waals surface area contributed by atoms with Gasteiger partial charge in [-0.3, -0.25) is 0 Å². The summed E-state index contributed by atoms with van der Waals surface area (Å²) in [6.07, 6.45) is 3.89. The summed E-state index contributed by atoms with van der Waals surface area (Å²) in [5.41, 5.74) is 4.05. The number of rotatable bonds is 6. The molecular weight excluding hydrogens is 284 g/mol. The minimum Gasteiger partial charge on any atom is -0.450 e. The first-order valence-corrected chi connectivity index (χ1v) is 7.92. The monoisotopic (exact) mass is 304 g/mol. The van der Waals surface area contributed by atoms with Crippen molar-refractivity contribution in [1.82, 2.24) is 0 Å². The molecule has 0 spiro atoms. The van der Waals surface area contributed by atoms with Crippen molar-refractivity contribution in [1.29, 1.82) is 0 Å². The van der Waals surface area contributed by atoms with Crippen molar-refractivity contribution < 1.29 is 9.53 Å². The number of hydrogen-bond acceptors (Lipinski definition) is 2. The number of cyclic esters (lactones) is 1. The first-order valence-electron chi connectivity index (χ1n) is 7.92. The molecule has 1 unspecified atom stereocenters. The van der Waals surface area contributed by atoms with Crippen LogP contribution < -0.4 is 0 Å². The Morgan fingerprint density at radius 2 is 1.65 bits per heavy atom. The van der Waals surface area contributed by atoms with Crippen LogP contribution in [0.4, 0.5) is 0 Å². The molecule has 116 valence electrons. The number of hydrogen-bond donors (Lipinski definition) is 0. The average molecular weight is 304 g/mol. The molecule has 0 aromatic heterocycles. The summed E-state index contributed by atoms with van der Waals surface area (Å²) >= 11 is 0. The van der Waals surface area contributed by atoms with E-state index in [1.165, 1.54) is 0 Å². The summed E-state index contributed by atoms with van der Waals surface area (Å²) in [6, 6.07) is 20.0. The van der Waals surface area contributed by atoms with E-state index in [1.807, 2.05) is 66.7 Å². The number of allylic oxidation sites excluding steroid dienone is 1. The Morgan fingerprint density at radius 1 is 1.00 bits per heavy atom. The zero-order valence-electron chi connectivity index (χ0n) is 13.1. The number of ether oxygens (including phenoxy) is 1. The standard InChI is InChI=1S/C21H20O2/c1-2-3-14-18-19(15-16-10-6-4-7-11-16)21(22)23-20(18)17-12-8-5-9-13-17/h2,4-13,20H,1,3,14-15H2. The predicted molar refractivity (Wildman–Crippen MR) is 91.9 cm³/mol. The zero-order valence-corrected chi connectivity index (χ0v) is 13.1. The number of benzene rings is 2. The normalized spacial score (nSPS) is 17.2. The Morgan fingerprint density at radius 3 is 2.30 bits per heavy atom. The van der Waals surface area contributed by atoms with Gasteiger partial charge in [-0.2, -0.15) is 0 Å². The molecule has 2 aromatic rings. The molecule has 23 heavy (non-hydrogen) atoms. The van der Waals surface area contributed by atoms with Gasteiger partial charge in [-0.25, -0.2) is 4.79 Å². The lowest BCUT2D eigenvalue weighted by Crippen LogP contribution is -2.04. The van der Waals surface area contributed by atoms with E-state index in [9.17, 15) is 4.79 Å². The average Bonchev–Trinajstić information content (AvgIpc) is 2.91. The molecule has 1 aliphatic rings. The van der Waals surface area contributed by atoms with Crippen molar-refractivity contribution in [3.63, 3.8) is 0 Å². The molecule has 1 atom stereocenters. The van der Waals surface area contributed by atoms with E-state index in [4.69, 9.17) is 4.74 Å². The Labute approximate surface area is 137 Å². The molecule has 0 radical (unpaired) electrons. The highest BCUT2D eigenvalue weighted by atomic mass is 16.5. The van der Waals surface area contributed by atoms with E-state index in [0.29, 0.717) is 6.42 Å². The van der Waals surface area contributed by atoms with Gasteiger partial charge in [0.25, 0.3) is 0 Å². The van der Waals surface area contributed by atoms with Gasteiger partial charge in [0.15, 0.2) is 0 Å². The van der Waals surface area contributed by atoms with Crippen molar-refractivity contribution in [3.8, 4) is 0 Å². The minimum atomic E-state index is -0.262. The maximum atomic E-state index is 12.4. The molecule has 2 aromatic carbocycles. The van der Waals surface area contributed by atoms with Gasteiger partial charge in [0.2, 0.25) is 0 Å². The predicted octanol–water partition coefficient (Wildman–Crippen LogP) is 4.79. The lowest BCUT2D eigenvalue weighted by atomic mass is 9.92. The van der Waals surface area contributed by atoms with Crippen LogP contribution in [0.3, 0.4) is 0 Å². The van der Waals surface area contributed by atoms with E-state index in [-0.39, 0.29) is 12.1 Å². The van der Waals surface area contributed by atoms with E-state index in [2.05, 4.69) is 6.58 Å². The van der Waals surface area contributed by atoms with Gasteiger partial charge in [-0.15, -0.1) is 6.58 Å². The minimum absolute atomic E-state index is 0.193. The van der Waals surface area contributed by atoms with Crippen molar-refractivity contribution in [2.75, 3.05) is 0 Å². The molecule has 0 fully saturated rings. The second-order valence-corrected chi connectivity index (χ2v) is 5.69. The van der Waals surface area contributed by atoms with Gasteiger partial charge >= 0.3 is 5.97 Å². The third-order valence-electron chi connectivity index (χ3n) is 4.12. The number of esters is 1. The largest absolute Gasteiger partial charge is 0.450 e. The molecule has 1 aliphatic heterocycles. The second kappa shape index (κ2) is 7.10. The Kier molecular flexibility index (Phi) is 4.72. The van der Waals surface area contributed by atoms with Gasteiger partial charge in [0.05, 0.1) is 0 Å². The molecule has 0 saturated heterocycles. The van der Waals surface area contributed by atoms with Crippen LogP contribution in [0.2, 0.25) is 0 Å². The van der Waals surface area contributed by atoms with Crippen molar-refractivity contribution in [2.24, 2.45) is 0 Å². The fraction of sp³-hybridized carbons (Fsp3) is 0.190. The van der Waals surface area contributed by atoms with Crippen LogP contribution in [-0.4, -0.2) is 5.97 Å². The summed E-state index contributed by atoms with van der Waals surface area (Å²) in [6.45, 7) is 3.80. The highest BCUT2D eigenvalue weighted by Gasteiger charge is 2.34.